The van der Waals surface area contributed by atoms with Crippen LogP contribution in [0.3, 0.4) is 0 Å². The molecule has 1 fully saturated rings. The van der Waals surface area contributed by atoms with E-state index in [0.717, 1.165) is 24.7 Å². The van der Waals surface area contributed by atoms with Crippen LogP contribution in [0, 0.1) is 5.92 Å². The lowest BCUT2D eigenvalue weighted by Crippen LogP contribution is -2.32. The van der Waals surface area contributed by atoms with Crippen LogP contribution in [0.1, 0.15) is 38.5 Å². The molecule has 2 rings (SSSR count). The van der Waals surface area contributed by atoms with E-state index in [4.69, 9.17) is 0 Å². The lowest BCUT2D eigenvalue weighted by Gasteiger charge is -2.31. The molecular weight excluding hydrogens is 200 g/mol. The summed E-state index contributed by atoms with van der Waals surface area (Å²) >= 11 is 0. The number of rotatable bonds is 2. The van der Waals surface area contributed by atoms with E-state index in [1.807, 2.05) is 12.3 Å². The molecule has 0 aliphatic carbocycles. The molecule has 0 aromatic carbocycles. The van der Waals surface area contributed by atoms with Gasteiger partial charge in [-0.25, -0.2) is 0 Å². The van der Waals surface area contributed by atoms with Gasteiger partial charge in [0, 0.05) is 13.1 Å². The fraction of sp³-hybridized carbons (Fsp3) is 0.615. The van der Waals surface area contributed by atoms with Gasteiger partial charge in [-0.2, -0.15) is 0 Å². The van der Waals surface area contributed by atoms with Crippen molar-refractivity contribution in [3.63, 3.8) is 0 Å². The predicted molar refractivity (Wildman–Crippen MR) is 65.5 cm³/mol. The second-order valence-electron chi connectivity index (χ2n) is 4.79. The van der Waals surface area contributed by atoms with Crippen LogP contribution >= 0.6 is 0 Å². The van der Waals surface area contributed by atoms with E-state index in [9.17, 15) is 5.11 Å². The van der Waals surface area contributed by atoms with Crippen molar-refractivity contribution in [1.29, 1.82) is 0 Å². The highest BCUT2D eigenvalue weighted by molar-refractivity contribution is 5.45. The van der Waals surface area contributed by atoms with Crippen LogP contribution < -0.4 is 4.90 Å². The van der Waals surface area contributed by atoms with Gasteiger partial charge < -0.3 is 10.0 Å². The third-order valence-electron chi connectivity index (χ3n) is 3.35. The molecule has 0 unspecified atom stereocenters. The molecule has 3 nitrogen and oxygen atoms in total. The monoisotopic (exact) mass is 220 g/mol. The molecule has 0 spiro atoms. The molecule has 1 saturated heterocycles. The minimum absolute atomic E-state index is 0.476. The van der Waals surface area contributed by atoms with Gasteiger partial charge in [0.05, 0.1) is 23.7 Å². The zero-order chi connectivity index (χ0) is 11.5. The Balaban J connectivity index is 2.04. The Morgan fingerprint density at radius 1 is 1.38 bits per heavy atom. The molecule has 1 aromatic heterocycles. The minimum atomic E-state index is -0.476. The second kappa shape index (κ2) is 4.83. The van der Waals surface area contributed by atoms with Gasteiger partial charge in [0.15, 0.2) is 0 Å². The van der Waals surface area contributed by atoms with Crippen molar-refractivity contribution in [1.82, 2.24) is 4.98 Å². The summed E-state index contributed by atoms with van der Waals surface area (Å²) in [4.78, 5) is 6.65. The molecule has 88 valence electrons. The highest BCUT2D eigenvalue weighted by atomic mass is 16.3. The highest BCUT2D eigenvalue weighted by Crippen LogP contribution is 2.23. The van der Waals surface area contributed by atoms with Crippen molar-refractivity contribution in [2.75, 3.05) is 18.0 Å². The van der Waals surface area contributed by atoms with Gasteiger partial charge in [-0.1, -0.05) is 6.92 Å². The molecule has 0 amide bonds. The molecule has 0 saturated carbocycles. The Kier molecular flexibility index (Phi) is 3.44. The molecule has 0 bridgehead atoms. The lowest BCUT2D eigenvalue weighted by atomic mass is 9.99. The third-order valence-corrected chi connectivity index (χ3v) is 3.35. The summed E-state index contributed by atoms with van der Waals surface area (Å²) in [6, 6.07) is 3.98. The molecule has 0 radical (unpaired) electrons. The number of aliphatic hydroxyl groups is 1. The Hall–Kier alpha value is -1.09. The molecule has 2 heterocycles. The van der Waals surface area contributed by atoms with Crippen LogP contribution in [0.2, 0.25) is 0 Å². The first-order chi connectivity index (χ1) is 7.66. The molecule has 1 N–H and O–H groups in total. The fourth-order valence-corrected chi connectivity index (χ4v) is 2.10. The smallest absolute Gasteiger partial charge is 0.0931 e. The number of pyridine rings is 1. The summed E-state index contributed by atoms with van der Waals surface area (Å²) in [6.45, 7) is 6.30. The largest absolute Gasteiger partial charge is 0.387 e. The maximum atomic E-state index is 9.38. The first-order valence-electron chi connectivity index (χ1n) is 6.06. The molecule has 1 aliphatic heterocycles. The molecule has 1 aromatic rings. The molecule has 16 heavy (non-hydrogen) atoms. The molecule has 1 atom stereocenters. The number of hydrogen-bond acceptors (Lipinski definition) is 3. The number of anilines is 1. The fourth-order valence-electron chi connectivity index (χ4n) is 2.10. The van der Waals surface area contributed by atoms with Crippen molar-refractivity contribution in [2.45, 2.75) is 32.8 Å². The highest BCUT2D eigenvalue weighted by Gasteiger charge is 2.16. The van der Waals surface area contributed by atoms with Gasteiger partial charge in [0.25, 0.3) is 0 Å². The van der Waals surface area contributed by atoms with Crippen LogP contribution in [-0.2, 0) is 0 Å². The Bertz CT molecular complexity index is 326. The van der Waals surface area contributed by atoms with Crippen LogP contribution in [-0.4, -0.2) is 23.2 Å². The summed E-state index contributed by atoms with van der Waals surface area (Å²) in [5.74, 6) is 0.848. The lowest BCUT2D eigenvalue weighted by molar-refractivity contribution is 0.194. The van der Waals surface area contributed by atoms with E-state index in [2.05, 4.69) is 22.9 Å². The Labute approximate surface area is 97.1 Å². The number of hydrogen-bond donors (Lipinski definition) is 1. The molecule has 1 aliphatic rings. The van der Waals surface area contributed by atoms with Crippen molar-refractivity contribution in [3.8, 4) is 0 Å². The van der Waals surface area contributed by atoms with Gasteiger partial charge in [0.2, 0.25) is 0 Å². The number of aliphatic hydroxyl groups excluding tert-OH is 1. The predicted octanol–water partition coefficient (Wildman–Crippen LogP) is 2.37. The zero-order valence-corrected chi connectivity index (χ0v) is 10.1. The van der Waals surface area contributed by atoms with Crippen molar-refractivity contribution in [2.24, 2.45) is 5.92 Å². The van der Waals surface area contributed by atoms with Crippen molar-refractivity contribution in [3.05, 3.63) is 24.0 Å². The summed E-state index contributed by atoms with van der Waals surface area (Å²) in [7, 11) is 0. The van der Waals surface area contributed by atoms with Crippen LogP contribution in [0.5, 0.6) is 0 Å². The quantitative estimate of drug-likeness (QED) is 0.831. The minimum Gasteiger partial charge on any atom is -0.387 e. The van der Waals surface area contributed by atoms with Gasteiger partial charge >= 0.3 is 0 Å². The summed E-state index contributed by atoms with van der Waals surface area (Å²) < 4.78 is 0. The standard InChI is InChI=1S/C13H20N2O/c1-10-5-7-15(8-6-10)12-3-4-13(11(2)16)14-9-12/h3-4,9-11,16H,5-8H2,1-2H3/t11-/m1/s1. The maximum absolute atomic E-state index is 9.38. The average Bonchev–Trinajstić information content (AvgIpc) is 2.30. The second-order valence-corrected chi connectivity index (χ2v) is 4.79. The van der Waals surface area contributed by atoms with Crippen LogP contribution in [0.15, 0.2) is 18.3 Å². The summed E-state index contributed by atoms with van der Waals surface area (Å²) in [6.07, 6.45) is 3.92. The van der Waals surface area contributed by atoms with Crippen molar-refractivity contribution >= 4 is 5.69 Å². The van der Waals surface area contributed by atoms with E-state index >= 15 is 0 Å². The number of aromatic nitrogens is 1. The van der Waals surface area contributed by atoms with Gasteiger partial charge in [0.1, 0.15) is 0 Å². The van der Waals surface area contributed by atoms with Gasteiger partial charge in [-0.3, -0.25) is 4.98 Å². The van der Waals surface area contributed by atoms with E-state index in [1.165, 1.54) is 18.5 Å². The van der Waals surface area contributed by atoms with Gasteiger partial charge in [-0.05, 0) is 37.8 Å². The normalized spacial score (nSPS) is 19.8. The molecule has 3 heteroatoms. The van der Waals surface area contributed by atoms with E-state index in [-0.39, 0.29) is 0 Å². The number of piperidine rings is 1. The van der Waals surface area contributed by atoms with Crippen LogP contribution in [0.25, 0.3) is 0 Å². The zero-order valence-electron chi connectivity index (χ0n) is 10.1. The first-order valence-corrected chi connectivity index (χ1v) is 6.06. The van der Waals surface area contributed by atoms with Crippen molar-refractivity contribution < 1.29 is 5.11 Å². The van der Waals surface area contributed by atoms with Gasteiger partial charge in [-0.15, -0.1) is 0 Å². The van der Waals surface area contributed by atoms with E-state index in [1.54, 1.807) is 6.92 Å². The third kappa shape index (κ3) is 2.53. The summed E-state index contributed by atoms with van der Waals surface area (Å²) in [5, 5.41) is 9.38. The number of nitrogens with zero attached hydrogens (tertiary/aromatic N) is 2. The summed E-state index contributed by atoms with van der Waals surface area (Å²) in [5.41, 5.74) is 1.92. The molecular formula is C13H20N2O. The maximum Gasteiger partial charge on any atom is 0.0931 e. The van der Waals surface area contributed by atoms with Crippen LogP contribution in [0.4, 0.5) is 5.69 Å². The first kappa shape index (κ1) is 11.4. The topological polar surface area (TPSA) is 36.4 Å². The Morgan fingerprint density at radius 3 is 2.56 bits per heavy atom. The average molecular weight is 220 g/mol. The van der Waals surface area contributed by atoms with E-state index in [0.29, 0.717) is 0 Å². The SMILES string of the molecule is CC1CCN(c2ccc([C@@H](C)O)nc2)CC1. The Morgan fingerprint density at radius 2 is 2.06 bits per heavy atom. The van der Waals surface area contributed by atoms with E-state index < -0.39 is 6.10 Å².